The van der Waals surface area contributed by atoms with Crippen molar-refractivity contribution in [2.45, 2.75) is 19.1 Å². The molecular formula is C12H12IN5O. The Hall–Kier alpha value is -1.57. The topological polar surface area (TPSA) is 79.6 Å². The smallest absolute Gasteiger partial charge is 0.177 e. The second-order valence-electron chi connectivity index (χ2n) is 4.15. The Bertz CT molecular complexity index is 652. The molecular weight excluding hydrogens is 357 g/mol. The molecule has 1 aliphatic heterocycles. The summed E-state index contributed by atoms with van der Waals surface area (Å²) in [5, 5.41) is 23.6. The summed E-state index contributed by atoms with van der Waals surface area (Å²) in [5.41, 5.74) is 2.28. The molecule has 0 bridgehead atoms. The molecule has 0 radical (unpaired) electrons. The Morgan fingerprint density at radius 1 is 1.53 bits per heavy atom. The molecule has 3 heterocycles. The molecule has 1 atom stereocenters. The van der Waals surface area contributed by atoms with Crippen molar-refractivity contribution in [1.82, 2.24) is 25.2 Å². The maximum Gasteiger partial charge on any atom is 0.177 e. The summed E-state index contributed by atoms with van der Waals surface area (Å²) in [6, 6.07) is 2.06. The van der Waals surface area contributed by atoms with Crippen molar-refractivity contribution in [3.05, 3.63) is 33.4 Å². The first-order valence-electron chi connectivity index (χ1n) is 5.80. The standard InChI is InChI=1S/C12H12IN5O/c19-10(7-12-14-16-17-15-12)8-18-6-3-9-1-4-13-5-2-11(9)18/h1-4,6,10,19H,7-8H2,(H,14,15,16,17). The maximum absolute atomic E-state index is 10.1. The molecule has 2 aromatic heterocycles. The average molecular weight is 369 g/mol. The summed E-state index contributed by atoms with van der Waals surface area (Å²) in [6.07, 6.45) is 5.98. The fourth-order valence-electron chi connectivity index (χ4n) is 1.96. The van der Waals surface area contributed by atoms with Gasteiger partial charge in [0, 0.05) is 30.8 Å². The minimum Gasteiger partial charge on any atom is -0.391 e. The van der Waals surface area contributed by atoms with Gasteiger partial charge < -0.3 is 9.67 Å². The first kappa shape index (κ1) is 12.5. The number of tetrazole rings is 1. The predicted molar refractivity (Wildman–Crippen MR) is 80.8 cm³/mol. The Labute approximate surface area is 119 Å². The molecule has 0 amide bonds. The van der Waals surface area contributed by atoms with Gasteiger partial charge in [-0.2, -0.15) is 5.21 Å². The van der Waals surface area contributed by atoms with Crippen LogP contribution in [0.1, 0.15) is 17.1 Å². The second kappa shape index (κ2) is 5.60. The number of nitrogens with one attached hydrogen (secondary N) is 1. The number of rotatable bonds is 4. The lowest BCUT2D eigenvalue weighted by Crippen LogP contribution is -2.19. The lowest BCUT2D eigenvalue weighted by Gasteiger charge is -2.11. The maximum atomic E-state index is 10.1. The van der Waals surface area contributed by atoms with E-state index in [-0.39, 0.29) is 20.7 Å². The highest BCUT2D eigenvalue weighted by Gasteiger charge is 2.12. The lowest BCUT2D eigenvalue weighted by atomic mass is 10.2. The van der Waals surface area contributed by atoms with E-state index in [1.807, 2.05) is 16.8 Å². The van der Waals surface area contributed by atoms with Crippen LogP contribution in [0.4, 0.5) is 0 Å². The monoisotopic (exact) mass is 369 g/mol. The molecule has 1 unspecified atom stereocenters. The summed E-state index contributed by atoms with van der Waals surface area (Å²) in [4.78, 5) is 0. The van der Waals surface area contributed by atoms with Gasteiger partial charge >= 0.3 is 0 Å². The van der Waals surface area contributed by atoms with Gasteiger partial charge in [0.1, 0.15) is 0 Å². The third-order valence-corrected chi connectivity index (χ3v) is 4.20. The van der Waals surface area contributed by atoms with Crippen LogP contribution in [0.15, 0.2) is 16.3 Å². The number of halogens is 1. The zero-order chi connectivity index (χ0) is 13.1. The van der Waals surface area contributed by atoms with Crippen molar-refractivity contribution in [3.63, 3.8) is 0 Å². The van der Waals surface area contributed by atoms with Gasteiger partial charge in [0.2, 0.25) is 0 Å². The van der Waals surface area contributed by atoms with Gasteiger partial charge in [0.05, 0.1) is 11.8 Å². The molecule has 2 aromatic rings. The number of aromatic amines is 1. The van der Waals surface area contributed by atoms with Crippen LogP contribution in [0, 0.1) is 0 Å². The molecule has 7 heteroatoms. The molecule has 98 valence electrons. The Morgan fingerprint density at radius 3 is 3.32 bits per heavy atom. The van der Waals surface area contributed by atoms with Gasteiger partial charge in [-0.15, -0.1) is 10.2 Å². The van der Waals surface area contributed by atoms with Crippen LogP contribution in [-0.4, -0.2) is 40.1 Å². The summed E-state index contributed by atoms with van der Waals surface area (Å²) in [7, 11) is 0. The fourth-order valence-corrected chi connectivity index (χ4v) is 3.21. The summed E-state index contributed by atoms with van der Waals surface area (Å²) in [5.74, 6) is 0.526. The Morgan fingerprint density at radius 2 is 2.47 bits per heavy atom. The van der Waals surface area contributed by atoms with Gasteiger partial charge in [0.25, 0.3) is 0 Å². The number of aliphatic hydroxyl groups is 1. The highest BCUT2D eigenvalue weighted by molar-refractivity contribution is 14.2. The number of hydrogen-bond donors (Lipinski definition) is 2. The summed E-state index contributed by atoms with van der Waals surface area (Å²) < 4.78 is 7.52. The van der Waals surface area contributed by atoms with E-state index in [9.17, 15) is 5.11 Å². The molecule has 0 aliphatic carbocycles. The SMILES string of the molecule is OC(Cc1nn[nH]n1)Cn1ccc2c1C=C=IC=C2. The van der Waals surface area contributed by atoms with Crippen LogP contribution < -0.4 is 0 Å². The van der Waals surface area contributed by atoms with Crippen molar-refractivity contribution in [3.8, 4) is 0 Å². The highest BCUT2D eigenvalue weighted by Crippen LogP contribution is 2.19. The van der Waals surface area contributed by atoms with Gasteiger partial charge in [-0.05, 0) is 37.0 Å². The van der Waals surface area contributed by atoms with Gasteiger partial charge in [0.15, 0.2) is 5.82 Å². The van der Waals surface area contributed by atoms with Crippen molar-refractivity contribution >= 4 is 36.5 Å². The molecule has 0 spiro atoms. The molecule has 0 saturated carbocycles. The number of fused-ring (bicyclic) bond motifs is 1. The Balaban J connectivity index is 1.75. The molecule has 19 heavy (non-hydrogen) atoms. The zero-order valence-electron chi connectivity index (χ0n) is 9.99. The molecule has 6 nitrogen and oxygen atoms in total. The second-order valence-corrected chi connectivity index (χ2v) is 6.11. The van der Waals surface area contributed by atoms with E-state index in [0.717, 1.165) is 5.69 Å². The van der Waals surface area contributed by atoms with E-state index in [1.165, 1.54) is 5.56 Å². The van der Waals surface area contributed by atoms with E-state index in [2.05, 4.69) is 40.5 Å². The van der Waals surface area contributed by atoms with Crippen LogP contribution in [0.25, 0.3) is 12.2 Å². The van der Waals surface area contributed by atoms with Crippen molar-refractivity contribution in [1.29, 1.82) is 0 Å². The third-order valence-electron chi connectivity index (χ3n) is 2.81. The van der Waals surface area contributed by atoms with Crippen LogP contribution in [0.2, 0.25) is 0 Å². The molecule has 1 aliphatic rings. The van der Waals surface area contributed by atoms with Crippen molar-refractivity contribution in [2.75, 3.05) is 0 Å². The third kappa shape index (κ3) is 2.89. The number of H-pyrrole nitrogens is 1. The normalized spacial score (nSPS) is 14.8. The molecule has 0 aromatic carbocycles. The van der Waals surface area contributed by atoms with E-state index in [0.29, 0.717) is 18.8 Å². The molecule has 3 rings (SSSR count). The first-order valence-corrected chi connectivity index (χ1v) is 8.12. The predicted octanol–water partition coefficient (Wildman–Crippen LogP) is 0.974. The molecule has 0 saturated heterocycles. The van der Waals surface area contributed by atoms with Gasteiger partial charge in [-0.1, -0.05) is 8.88 Å². The van der Waals surface area contributed by atoms with Crippen LogP contribution in [-0.2, 0) is 13.0 Å². The lowest BCUT2D eigenvalue weighted by molar-refractivity contribution is 0.152. The molecule has 0 fully saturated rings. The largest absolute Gasteiger partial charge is 0.391 e. The Kier molecular flexibility index (Phi) is 3.67. The average Bonchev–Trinajstić information content (AvgIpc) is 2.95. The quantitative estimate of drug-likeness (QED) is 0.788. The molecule has 2 N–H and O–H groups in total. The number of nitrogens with zero attached hydrogens (tertiary/aromatic N) is 4. The zero-order valence-corrected chi connectivity index (χ0v) is 12.1. The van der Waals surface area contributed by atoms with E-state index >= 15 is 0 Å². The van der Waals surface area contributed by atoms with Crippen LogP contribution in [0.5, 0.6) is 0 Å². The number of aliphatic hydroxyl groups excluding tert-OH is 1. The van der Waals surface area contributed by atoms with Gasteiger partial charge in [-0.3, -0.25) is 0 Å². The number of aromatic nitrogens is 5. The summed E-state index contributed by atoms with van der Waals surface area (Å²) >= 11 is -0.0971. The van der Waals surface area contributed by atoms with Gasteiger partial charge in [-0.25, -0.2) is 0 Å². The van der Waals surface area contributed by atoms with Crippen LogP contribution in [0.3, 0.4) is 0 Å². The fraction of sp³-hybridized carbons (Fsp3) is 0.250. The minimum atomic E-state index is -0.538. The van der Waals surface area contributed by atoms with Crippen molar-refractivity contribution in [2.24, 2.45) is 0 Å². The minimum absolute atomic E-state index is 0.0971. The van der Waals surface area contributed by atoms with Crippen LogP contribution >= 0.6 is 20.7 Å². The highest BCUT2D eigenvalue weighted by atomic mass is 127. The number of hydrogen-bond acceptors (Lipinski definition) is 4. The first-order chi connectivity index (χ1) is 9.33. The van der Waals surface area contributed by atoms with E-state index < -0.39 is 6.10 Å². The van der Waals surface area contributed by atoms with E-state index in [4.69, 9.17) is 0 Å². The summed E-state index contributed by atoms with van der Waals surface area (Å²) in [6.45, 7) is 0.508. The van der Waals surface area contributed by atoms with Crippen molar-refractivity contribution < 1.29 is 5.11 Å². The van der Waals surface area contributed by atoms with E-state index in [1.54, 1.807) is 0 Å².